The Morgan fingerprint density at radius 3 is 2.83 bits per heavy atom. The number of hydrogen-bond donors (Lipinski definition) is 1. The molecule has 0 spiro atoms. The number of nitrogens with zero attached hydrogens (tertiary/aromatic N) is 3. The molecule has 0 aliphatic carbocycles. The zero-order valence-electron chi connectivity index (χ0n) is 10.3. The van der Waals surface area contributed by atoms with Crippen LogP contribution in [0, 0.1) is 17.0 Å². The molecule has 0 radical (unpaired) electrons. The Balaban J connectivity index is 2.33. The Morgan fingerprint density at radius 1 is 1.44 bits per heavy atom. The monoisotopic (exact) mass is 246 g/mol. The Morgan fingerprint density at radius 2 is 2.22 bits per heavy atom. The molecule has 18 heavy (non-hydrogen) atoms. The second-order valence-electron chi connectivity index (χ2n) is 4.01. The van der Waals surface area contributed by atoms with Crippen molar-refractivity contribution in [2.75, 3.05) is 7.05 Å². The Bertz CT molecular complexity index is 577. The van der Waals surface area contributed by atoms with Crippen LogP contribution in [0.4, 0.5) is 5.69 Å². The molecule has 0 aliphatic rings. The average Bonchev–Trinajstić information content (AvgIpc) is 2.77. The average molecular weight is 246 g/mol. The van der Waals surface area contributed by atoms with Crippen molar-refractivity contribution in [3.8, 4) is 5.69 Å². The van der Waals surface area contributed by atoms with Crippen LogP contribution in [0.2, 0.25) is 0 Å². The molecule has 0 saturated carbocycles. The van der Waals surface area contributed by atoms with E-state index in [0.717, 1.165) is 11.4 Å². The number of nitro benzene ring substituents is 1. The van der Waals surface area contributed by atoms with Crippen LogP contribution in [0.3, 0.4) is 0 Å². The smallest absolute Gasteiger partial charge is 0.272 e. The van der Waals surface area contributed by atoms with Crippen LogP contribution in [0.1, 0.15) is 11.3 Å². The largest absolute Gasteiger partial charge is 0.314 e. The number of nitro groups is 1. The molecule has 94 valence electrons. The predicted molar refractivity (Wildman–Crippen MR) is 67.7 cm³/mol. The van der Waals surface area contributed by atoms with E-state index in [4.69, 9.17) is 0 Å². The van der Waals surface area contributed by atoms with Crippen molar-refractivity contribution >= 4 is 5.69 Å². The molecule has 6 heteroatoms. The van der Waals surface area contributed by atoms with Gasteiger partial charge >= 0.3 is 0 Å². The molecule has 0 amide bonds. The van der Waals surface area contributed by atoms with E-state index in [1.807, 2.05) is 19.3 Å². The van der Waals surface area contributed by atoms with Crippen molar-refractivity contribution in [2.45, 2.75) is 13.5 Å². The number of nitrogens with one attached hydrogen (secondary N) is 1. The first-order valence-corrected chi connectivity index (χ1v) is 5.56. The van der Waals surface area contributed by atoms with Crippen LogP contribution in [0.5, 0.6) is 0 Å². The van der Waals surface area contributed by atoms with Crippen molar-refractivity contribution in [2.24, 2.45) is 0 Å². The van der Waals surface area contributed by atoms with Crippen molar-refractivity contribution in [1.29, 1.82) is 0 Å². The van der Waals surface area contributed by atoms with Gasteiger partial charge in [0.15, 0.2) is 0 Å². The van der Waals surface area contributed by atoms with Crippen LogP contribution < -0.4 is 5.32 Å². The summed E-state index contributed by atoms with van der Waals surface area (Å²) in [5, 5.41) is 18.1. The molecule has 0 atom stereocenters. The molecule has 0 fully saturated rings. The Kier molecular flexibility index (Phi) is 3.38. The minimum absolute atomic E-state index is 0.126. The topological polar surface area (TPSA) is 73.0 Å². The molecule has 0 aliphatic heterocycles. The fourth-order valence-electron chi connectivity index (χ4n) is 1.77. The maximum absolute atomic E-state index is 10.7. The zero-order valence-corrected chi connectivity index (χ0v) is 10.3. The fourth-order valence-corrected chi connectivity index (χ4v) is 1.77. The summed E-state index contributed by atoms with van der Waals surface area (Å²) in [7, 11) is 1.86. The predicted octanol–water partition coefficient (Wildman–Crippen LogP) is 1.81. The molecule has 1 aromatic carbocycles. The molecular weight excluding hydrogens is 232 g/mol. The maximum atomic E-state index is 10.7. The molecule has 2 aromatic rings. The van der Waals surface area contributed by atoms with Gasteiger partial charge in [-0.25, -0.2) is 4.68 Å². The summed E-state index contributed by atoms with van der Waals surface area (Å²) in [5.41, 5.74) is 2.50. The van der Waals surface area contributed by atoms with Gasteiger partial charge in [-0.1, -0.05) is 0 Å². The van der Waals surface area contributed by atoms with Gasteiger partial charge in [0, 0.05) is 24.4 Å². The first kappa shape index (κ1) is 12.3. The summed E-state index contributed by atoms with van der Waals surface area (Å²) in [5.74, 6) is 0. The van der Waals surface area contributed by atoms with E-state index in [0.29, 0.717) is 12.1 Å². The van der Waals surface area contributed by atoms with Crippen molar-refractivity contribution in [3.63, 3.8) is 0 Å². The van der Waals surface area contributed by atoms with Gasteiger partial charge in [0.2, 0.25) is 0 Å². The lowest BCUT2D eigenvalue weighted by molar-refractivity contribution is -0.385. The minimum atomic E-state index is -0.380. The Labute approximate surface area is 104 Å². The van der Waals surface area contributed by atoms with Crippen LogP contribution in [-0.4, -0.2) is 21.8 Å². The molecule has 0 unspecified atom stereocenters. The number of benzene rings is 1. The van der Waals surface area contributed by atoms with Gasteiger partial charge in [-0.15, -0.1) is 0 Å². The third-order valence-electron chi connectivity index (χ3n) is 2.64. The summed E-state index contributed by atoms with van der Waals surface area (Å²) in [6.45, 7) is 2.42. The number of aromatic nitrogens is 2. The summed E-state index contributed by atoms with van der Waals surface area (Å²) in [6.07, 6.45) is 1.84. The van der Waals surface area contributed by atoms with Gasteiger partial charge in [0.05, 0.1) is 16.3 Å². The summed E-state index contributed by atoms with van der Waals surface area (Å²) in [6, 6.07) is 6.87. The van der Waals surface area contributed by atoms with Gasteiger partial charge in [0.25, 0.3) is 5.69 Å². The molecule has 0 saturated heterocycles. The van der Waals surface area contributed by atoms with E-state index in [1.165, 1.54) is 6.07 Å². The van der Waals surface area contributed by atoms with E-state index in [9.17, 15) is 10.1 Å². The second-order valence-corrected chi connectivity index (χ2v) is 4.01. The fraction of sp³-hybridized carbons (Fsp3) is 0.250. The lowest BCUT2D eigenvalue weighted by Gasteiger charge is -2.03. The maximum Gasteiger partial charge on any atom is 0.272 e. The third-order valence-corrected chi connectivity index (χ3v) is 2.64. The van der Waals surface area contributed by atoms with Gasteiger partial charge < -0.3 is 5.32 Å². The summed E-state index contributed by atoms with van der Waals surface area (Å²) < 4.78 is 1.71. The number of aryl methyl sites for hydroxylation is 1. The summed E-state index contributed by atoms with van der Waals surface area (Å²) in [4.78, 5) is 10.4. The standard InChI is InChI=1S/C12H14N4O2/c1-9-7-11(3-4-12(9)16(17)18)15-6-5-10(14-15)8-13-2/h3-7,13H,8H2,1-2H3. The van der Waals surface area contributed by atoms with Crippen LogP contribution in [-0.2, 0) is 6.54 Å². The molecule has 1 aromatic heterocycles. The number of rotatable bonds is 4. The molecule has 1 N–H and O–H groups in total. The van der Waals surface area contributed by atoms with Crippen molar-refractivity contribution in [3.05, 3.63) is 51.8 Å². The highest BCUT2D eigenvalue weighted by Gasteiger charge is 2.11. The molecular formula is C12H14N4O2. The van der Waals surface area contributed by atoms with E-state index >= 15 is 0 Å². The molecule has 1 heterocycles. The van der Waals surface area contributed by atoms with Crippen LogP contribution in [0.15, 0.2) is 30.5 Å². The lowest BCUT2D eigenvalue weighted by atomic mass is 10.2. The highest BCUT2D eigenvalue weighted by Crippen LogP contribution is 2.20. The highest BCUT2D eigenvalue weighted by atomic mass is 16.6. The quantitative estimate of drug-likeness (QED) is 0.659. The van der Waals surface area contributed by atoms with Crippen molar-refractivity contribution < 1.29 is 4.92 Å². The van der Waals surface area contributed by atoms with E-state index in [1.54, 1.807) is 23.7 Å². The van der Waals surface area contributed by atoms with Gasteiger partial charge in [0.1, 0.15) is 0 Å². The number of hydrogen-bond acceptors (Lipinski definition) is 4. The van der Waals surface area contributed by atoms with Crippen LogP contribution in [0.25, 0.3) is 5.69 Å². The van der Waals surface area contributed by atoms with E-state index in [-0.39, 0.29) is 10.6 Å². The SMILES string of the molecule is CNCc1ccn(-c2ccc([N+](=O)[O-])c(C)c2)n1. The lowest BCUT2D eigenvalue weighted by Crippen LogP contribution is -2.06. The van der Waals surface area contributed by atoms with Gasteiger partial charge in [-0.05, 0) is 32.2 Å². The third kappa shape index (κ3) is 2.38. The summed E-state index contributed by atoms with van der Waals surface area (Å²) >= 11 is 0. The first-order valence-electron chi connectivity index (χ1n) is 5.56. The first-order chi connectivity index (χ1) is 8.61. The van der Waals surface area contributed by atoms with E-state index < -0.39 is 0 Å². The minimum Gasteiger partial charge on any atom is -0.314 e. The van der Waals surface area contributed by atoms with Gasteiger partial charge in [-0.2, -0.15) is 5.10 Å². The molecule has 2 rings (SSSR count). The Hall–Kier alpha value is -2.21. The second kappa shape index (κ2) is 4.97. The van der Waals surface area contributed by atoms with Gasteiger partial charge in [-0.3, -0.25) is 10.1 Å². The molecule has 0 bridgehead atoms. The normalized spacial score (nSPS) is 10.6. The van der Waals surface area contributed by atoms with E-state index in [2.05, 4.69) is 10.4 Å². The van der Waals surface area contributed by atoms with Crippen molar-refractivity contribution in [1.82, 2.24) is 15.1 Å². The highest BCUT2D eigenvalue weighted by molar-refractivity contribution is 5.47. The van der Waals surface area contributed by atoms with Crippen LogP contribution >= 0.6 is 0 Å². The zero-order chi connectivity index (χ0) is 13.1. The molecule has 6 nitrogen and oxygen atoms in total.